The van der Waals surface area contributed by atoms with Crippen molar-refractivity contribution >= 4 is 50.5 Å². The lowest BCUT2D eigenvalue weighted by Gasteiger charge is -2.23. The predicted molar refractivity (Wildman–Crippen MR) is 98.3 cm³/mol. The summed E-state index contributed by atoms with van der Waals surface area (Å²) < 4.78 is 25.2. The van der Waals surface area contributed by atoms with Crippen LogP contribution in [0, 0.1) is 0 Å². The fourth-order valence-electron chi connectivity index (χ4n) is 2.10. The van der Waals surface area contributed by atoms with Crippen molar-refractivity contribution in [2.45, 2.75) is 6.42 Å². The van der Waals surface area contributed by atoms with E-state index in [1.54, 1.807) is 48.5 Å². The molecule has 0 saturated carbocycles. The van der Waals surface area contributed by atoms with Gasteiger partial charge in [0.2, 0.25) is 15.9 Å². The number of halogens is 2. The van der Waals surface area contributed by atoms with Gasteiger partial charge in [-0.05, 0) is 24.3 Å². The summed E-state index contributed by atoms with van der Waals surface area (Å²) in [5, 5.41) is 3.37. The van der Waals surface area contributed by atoms with E-state index in [0.29, 0.717) is 21.4 Å². The summed E-state index contributed by atoms with van der Waals surface area (Å²) in [6.45, 7) is -0.0289. The molecule has 0 aliphatic heterocycles. The van der Waals surface area contributed by atoms with Gasteiger partial charge in [0.15, 0.2) is 0 Å². The van der Waals surface area contributed by atoms with E-state index in [1.807, 2.05) is 0 Å². The molecular formula is C16H16Cl2N2O3S. The Morgan fingerprint density at radius 2 is 1.62 bits per heavy atom. The first-order chi connectivity index (χ1) is 11.3. The van der Waals surface area contributed by atoms with Crippen LogP contribution < -0.4 is 9.62 Å². The molecule has 0 aliphatic rings. The van der Waals surface area contributed by atoms with Gasteiger partial charge in [-0.15, -0.1) is 0 Å². The van der Waals surface area contributed by atoms with Crippen LogP contribution in [-0.4, -0.2) is 27.1 Å². The van der Waals surface area contributed by atoms with E-state index >= 15 is 0 Å². The van der Waals surface area contributed by atoms with Crippen molar-refractivity contribution in [3.8, 4) is 0 Å². The average Bonchev–Trinajstić information content (AvgIpc) is 2.50. The normalized spacial score (nSPS) is 11.1. The van der Waals surface area contributed by atoms with Crippen molar-refractivity contribution in [2.24, 2.45) is 0 Å². The molecule has 1 N–H and O–H groups in total. The molecule has 5 nitrogen and oxygen atoms in total. The highest BCUT2D eigenvalue weighted by Crippen LogP contribution is 2.27. The Hall–Kier alpha value is -1.76. The molecule has 0 aliphatic carbocycles. The van der Waals surface area contributed by atoms with Crippen LogP contribution in [0.3, 0.4) is 0 Å². The third-order valence-electron chi connectivity index (χ3n) is 3.21. The minimum atomic E-state index is -3.57. The van der Waals surface area contributed by atoms with Crippen molar-refractivity contribution in [3.63, 3.8) is 0 Å². The summed E-state index contributed by atoms with van der Waals surface area (Å²) in [6, 6.07) is 13.4. The SMILES string of the molecule is CS(=O)(=O)N(CCC(=O)Nc1ccccc1Cl)c1ccccc1Cl. The average molecular weight is 387 g/mol. The molecule has 8 heteroatoms. The Morgan fingerprint density at radius 1 is 1.04 bits per heavy atom. The van der Waals surface area contributed by atoms with Crippen LogP contribution in [0.4, 0.5) is 11.4 Å². The standard InChI is InChI=1S/C16H16Cl2N2O3S/c1-24(22,23)20(15-9-5-3-7-13(15)18)11-10-16(21)19-14-8-4-2-6-12(14)17/h2-9H,10-11H2,1H3,(H,19,21). The van der Waals surface area contributed by atoms with Gasteiger partial charge < -0.3 is 5.32 Å². The topological polar surface area (TPSA) is 66.5 Å². The molecule has 0 heterocycles. The Bertz CT molecular complexity index is 841. The molecule has 2 aromatic rings. The first-order valence-electron chi connectivity index (χ1n) is 7.05. The number of benzene rings is 2. The van der Waals surface area contributed by atoms with Gasteiger partial charge in [0.1, 0.15) is 0 Å². The fraction of sp³-hybridized carbons (Fsp3) is 0.188. The molecule has 1 amide bonds. The highest BCUT2D eigenvalue weighted by Gasteiger charge is 2.20. The molecule has 2 aromatic carbocycles. The van der Waals surface area contributed by atoms with E-state index in [-0.39, 0.29) is 18.9 Å². The summed E-state index contributed by atoms with van der Waals surface area (Å²) in [4.78, 5) is 12.1. The maximum atomic E-state index is 12.1. The molecule has 0 unspecified atom stereocenters. The lowest BCUT2D eigenvalue weighted by Crippen LogP contribution is -2.33. The summed E-state index contributed by atoms with van der Waals surface area (Å²) in [5.74, 6) is -0.344. The molecule has 0 fully saturated rings. The van der Waals surface area contributed by atoms with Crippen molar-refractivity contribution in [3.05, 3.63) is 58.6 Å². The lowest BCUT2D eigenvalue weighted by atomic mass is 10.3. The molecule has 24 heavy (non-hydrogen) atoms. The third kappa shape index (κ3) is 4.87. The minimum Gasteiger partial charge on any atom is -0.325 e. The highest BCUT2D eigenvalue weighted by molar-refractivity contribution is 7.92. The highest BCUT2D eigenvalue weighted by atomic mass is 35.5. The number of nitrogens with one attached hydrogen (secondary N) is 1. The number of rotatable bonds is 6. The van der Waals surface area contributed by atoms with Gasteiger partial charge >= 0.3 is 0 Å². The van der Waals surface area contributed by atoms with Gasteiger partial charge in [0.05, 0.1) is 27.7 Å². The Morgan fingerprint density at radius 3 is 2.21 bits per heavy atom. The smallest absolute Gasteiger partial charge is 0.232 e. The van der Waals surface area contributed by atoms with Crippen LogP contribution in [0.15, 0.2) is 48.5 Å². The van der Waals surface area contributed by atoms with Gasteiger partial charge in [-0.1, -0.05) is 47.5 Å². The Kier molecular flexibility index (Phi) is 6.10. The van der Waals surface area contributed by atoms with Crippen LogP contribution in [0.25, 0.3) is 0 Å². The predicted octanol–water partition coefficient (Wildman–Crippen LogP) is 3.79. The first-order valence-corrected chi connectivity index (χ1v) is 9.66. The van der Waals surface area contributed by atoms with E-state index in [1.165, 1.54) is 0 Å². The minimum absolute atomic E-state index is 0.0289. The molecule has 0 aromatic heterocycles. The molecule has 2 rings (SSSR count). The summed E-state index contributed by atoms with van der Waals surface area (Å²) in [5.41, 5.74) is 0.819. The maximum Gasteiger partial charge on any atom is 0.232 e. The number of anilines is 2. The van der Waals surface area contributed by atoms with E-state index < -0.39 is 10.0 Å². The number of nitrogens with zero attached hydrogens (tertiary/aromatic N) is 1. The third-order valence-corrected chi connectivity index (χ3v) is 5.04. The summed E-state index contributed by atoms with van der Waals surface area (Å²) >= 11 is 12.0. The molecule has 0 bridgehead atoms. The maximum absolute atomic E-state index is 12.1. The second-order valence-corrected chi connectivity index (χ2v) is 7.79. The Labute approximate surface area is 151 Å². The fourth-order valence-corrected chi connectivity index (χ4v) is 3.51. The van der Waals surface area contributed by atoms with Crippen LogP contribution in [0.1, 0.15) is 6.42 Å². The van der Waals surface area contributed by atoms with Crippen molar-refractivity contribution in [2.75, 3.05) is 22.4 Å². The van der Waals surface area contributed by atoms with Gasteiger partial charge in [-0.3, -0.25) is 9.10 Å². The molecule has 0 radical (unpaired) electrons. The van der Waals surface area contributed by atoms with Crippen molar-refractivity contribution in [1.82, 2.24) is 0 Å². The van der Waals surface area contributed by atoms with Crippen molar-refractivity contribution in [1.29, 1.82) is 0 Å². The molecule has 0 spiro atoms. The number of hydrogen-bond acceptors (Lipinski definition) is 3. The van der Waals surface area contributed by atoms with E-state index in [0.717, 1.165) is 10.6 Å². The van der Waals surface area contributed by atoms with Crippen LogP contribution >= 0.6 is 23.2 Å². The molecular weight excluding hydrogens is 371 g/mol. The van der Waals surface area contributed by atoms with Crippen LogP contribution in [-0.2, 0) is 14.8 Å². The zero-order chi connectivity index (χ0) is 17.7. The second-order valence-electron chi connectivity index (χ2n) is 5.06. The second kappa shape index (κ2) is 7.88. The van der Waals surface area contributed by atoms with Crippen LogP contribution in [0.2, 0.25) is 10.0 Å². The van der Waals surface area contributed by atoms with Crippen molar-refractivity contribution < 1.29 is 13.2 Å². The van der Waals surface area contributed by atoms with E-state index in [2.05, 4.69) is 5.32 Å². The Balaban J connectivity index is 2.10. The number of sulfonamides is 1. The number of carbonyl (C=O) groups excluding carboxylic acids is 1. The molecule has 128 valence electrons. The first kappa shape index (κ1) is 18.6. The van der Waals surface area contributed by atoms with E-state index in [4.69, 9.17) is 23.2 Å². The number of hydrogen-bond donors (Lipinski definition) is 1. The summed E-state index contributed by atoms with van der Waals surface area (Å²) in [7, 11) is -3.57. The van der Waals surface area contributed by atoms with Gasteiger partial charge in [0.25, 0.3) is 0 Å². The molecule has 0 atom stereocenters. The zero-order valence-electron chi connectivity index (χ0n) is 12.9. The quantitative estimate of drug-likeness (QED) is 0.820. The largest absolute Gasteiger partial charge is 0.325 e. The number of amides is 1. The van der Waals surface area contributed by atoms with Gasteiger partial charge in [-0.25, -0.2) is 8.42 Å². The molecule has 0 saturated heterocycles. The van der Waals surface area contributed by atoms with Gasteiger partial charge in [0, 0.05) is 13.0 Å². The van der Waals surface area contributed by atoms with Crippen LogP contribution in [0.5, 0.6) is 0 Å². The van der Waals surface area contributed by atoms with E-state index in [9.17, 15) is 13.2 Å². The van der Waals surface area contributed by atoms with Gasteiger partial charge in [-0.2, -0.15) is 0 Å². The number of para-hydroxylation sites is 2. The number of carbonyl (C=O) groups is 1. The summed E-state index contributed by atoms with van der Waals surface area (Å²) in [6.07, 6.45) is 1.03. The zero-order valence-corrected chi connectivity index (χ0v) is 15.2. The monoisotopic (exact) mass is 386 g/mol. The lowest BCUT2D eigenvalue weighted by molar-refractivity contribution is -0.116.